The van der Waals surface area contributed by atoms with Crippen LogP contribution in [0.2, 0.25) is 0 Å². The molecule has 7 rings (SSSR count). The van der Waals surface area contributed by atoms with E-state index in [0.29, 0.717) is 23.7 Å². The molecule has 6 atom stereocenters. The van der Waals surface area contributed by atoms with Crippen LogP contribution in [-0.4, -0.2) is 0 Å². The van der Waals surface area contributed by atoms with Crippen molar-refractivity contribution in [2.45, 2.75) is 17.6 Å². The van der Waals surface area contributed by atoms with Gasteiger partial charge in [-0.2, -0.15) is 0 Å². The normalized spacial score (nSPS) is 38.6. The molecule has 2 fully saturated rings. The van der Waals surface area contributed by atoms with Crippen molar-refractivity contribution < 1.29 is 4.74 Å². The Bertz CT molecular complexity index is 1010. The molecule has 1 saturated heterocycles. The molecule has 4 aliphatic rings. The number of hydrogen-bond donors (Lipinski definition) is 0. The van der Waals surface area contributed by atoms with E-state index in [1.807, 2.05) is 0 Å². The zero-order chi connectivity index (χ0) is 18.3. The highest BCUT2D eigenvalue weighted by Crippen LogP contribution is 2.75. The lowest BCUT2D eigenvalue weighted by Crippen LogP contribution is -2.42. The second-order valence-electron chi connectivity index (χ2n) is 8.85. The fourth-order valence-electron chi connectivity index (χ4n) is 7.11. The molecule has 0 N–H and O–H groups in total. The minimum Gasteiger partial charge on any atom is -0.349 e. The average molecular weight is 362 g/mol. The zero-order valence-corrected chi connectivity index (χ0v) is 15.7. The van der Waals surface area contributed by atoms with Gasteiger partial charge in [-0.3, -0.25) is 0 Å². The molecule has 4 bridgehead atoms. The third-order valence-corrected chi connectivity index (χ3v) is 7.85. The van der Waals surface area contributed by atoms with Crippen LogP contribution in [0.15, 0.2) is 97.1 Å². The van der Waals surface area contributed by atoms with E-state index >= 15 is 0 Å². The first kappa shape index (κ1) is 15.3. The van der Waals surface area contributed by atoms with Gasteiger partial charge in [-0.25, -0.2) is 0 Å². The predicted octanol–water partition coefficient (Wildman–Crippen LogP) is 5.66. The van der Waals surface area contributed by atoms with Gasteiger partial charge in [-0.1, -0.05) is 97.1 Å². The van der Waals surface area contributed by atoms with Crippen molar-refractivity contribution in [3.63, 3.8) is 0 Å². The van der Waals surface area contributed by atoms with Crippen molar-refractivity contribution in [2.75, 3.05) is 0 Å². The van der Waals surface area contributed by atoms with Gasteiger partial charge in [0.2, 0.25) is 0 Å². The number of allylic oxidation sites excluding steroid dienone is 2. The summed E-state index contributed by atoms with van der Waals surface area (Å²) >= 11 is 0. The quantitative estimate of drug-likeness (QED) is 0.535. The van der Waals surface area contributed by atoms with Crippen molar-refractivity contribution in [3.8, 4) is 0 Å². The summed E-state index contributed by atoms with van der Waals surface area (Å²) in [5.74, 6) is 2.21. The third kappa shape index (κ3) is 1.53. The van der Waals surface area contributed by atoms with Gasteiger partial charge >= 0.3 is 0 Å². The molecular formula is C27H22O. The average Bonchev–Trinajstić information content (AvgIpc) is 3.52. The lowest BCUT2D eigenvalue weighted by molar-refractivity contribution is -0.0666. The van der Waals surface area contributed by atoms with Crippen LogP contribution in [0.4, 0.5) is 0 Å². The van der Waals surface area contributed by atoms with E-state index in [4.69, 9.17) is 4.74 Å². The Balaban J connectivity index is 1.60. The molecule has 3 aromatic rings. The van der Waals surface area contributed by atoms with Crippen molar-refractivity contribution in [1.29, 1.82) is 0 Å². The minimum absolute atomic E-state index is 0.345. The number of ether oxygens (including phenoxy) is 1. The van der Waals surface area contributed by atoms with Gasteiger partial charge in [-0.05, 0) is 40.5 Å². The second-order valence-corrected chi connectivity index (χ2v) is 8.85. The molecule has 1 nitrogen and oxygen atoms in total. The Morgan fingerprint density at radius 2 is 1.00 bits per heavy atom. The van der Waals surface area contributed by atoms with Gasteiger partial charge in [0.25, 0.3) is 0 Å². The highest BCUT2D eigenvalue weighted by Gasteiger charge is 2.75. The van der Waals surface area contributed by atoms with E-state index < -0.39 is 0 Å². The molecule has 28 heavy (non-hydrogen) atoms. The molecule has 2 aliphatic heterocycles. The molecular weight excluding hydrogens is 340 g/mol. The first-order valence-electron chi connectivity index (χ1n) is 10.5. The largest absolute Gasteiger partial charge is 0.349 e. The van der Waals surface area contributed by atoms with E-state index in [-0.39, 0.29) is 11.2 Å². The first-order chi connectivity index (χ1) is 13.9. The summed E-state index contributed by atoms with van der Waals surface area (Å²) in [7, 11) is 0. The first-order valence-corrected chi connectivity index (χ1v) is 10.5. The maximum atomic E-state index is 7.40. The van der Waals surface area contributed by atoms with Crippen LogP contribution in [-0.2, 0) is 15.9 Å². The smallest absolute Gasteiger partial charge is 0.124 e. The molecule has 2 heterocycles. The Morgan fingerprint density at radius 1 is 0.571 bits per heavy atom. The molecule has 0 aromatic heterocycles. The van der Waals surface area contributed by atoms with E-state index in [9.17, 15) is 0 Å². The van der Waals surface area contributed by atoms with E-state index in [1.165, 1.54) is 28.7 Å². The highest BCUT2D eigenvalue weighted by molar-refractivity contribution is 5.59. The molecule has 1 saturated carbocycles. The SMILES string of the molecule is C1=C[C@H]2C[C@H]1[C@H]1[C@@H]2[C@@]2(c3ccccc3)O[C@@]1(c1ccccc1)c1ccccc12. The van der Waals surface area contributed by atoms with Crippen molar-refractivity contribution in [1.82, 2.24) is 0 Å². The second kappa shape index (κ2) is 5.04. The summed E-state index contributed by atoms with van der Waals surface area (Å²) in [6, 6.07) is 31.0. The van der Waals surface area contributed by atoms with Crippen LogP contribution in [0, 0.1) is 23.7 Å². The zero-order valence-electron chi connectivity index (χ0n) is 15.7. The molecule has 3 aromatic carbocycles. The molecule has 136 valence electrons. The Kier molecular flexibility index (Phi) is 2.75. The van der Waals surface area contributed by atoms with Crippen molar-refractivity contribution in [2.24, 2.45) is 23.7 Å². The predicted molar refractivity (Wildman–Crippen MR) is 110 cm³/mol. The Labute approximate surface area is 165 Å². The number of benzene rings is 3. The topological polar surface area (TPSA) is 9.23 Å². The summed E-state index contributed by atoms with van der Waals surface area (Å²) in [4.78, 5) is 0. The van der Waals surface area contributed by atoms with Gasteiger partial charge in [0.05, 0.1) is 0 Å². The Hall–Kier alpha value is -2.64. The number of hydrogen-bond acceptors (Lipinski definition) is 1. The fraction of sp³-hybridized carbons (Fsp3) is 0.259. The molecule has 0 radical (unpaired) electrons. The summed E-state index contributed by atoms with van der Waals surface area (Å²) in [6.45, 7) is 0. The highest BCUT2D eigenvalue weighted by atomic mass is 16.5. The molecule has 0 amide bonds. The monoisotopic (exact) mass is 362 g/mol. The van der Waals surface area contributed by atoms with E-state index in [2.05, 4.69) is 97.1 Å². The third-order valence-electron chi connectivity index (χ3n) is 7.85. The van der Waals surface area contributed by atoms with Crippen LogP contribution < -0.4 is 0 Å². The lowest BCUT2D eigenvalue weighted by Gasteiger charge is -2.41. The van der Waals surface area contributed by atoms with Gasteiger partial charge in [0.1, 0.15) is 11.2 Å². The number of fused-ring (bicyclic) bond motifs is 12. The number of rotatable bonds is 2. The molecule has 0 spiro atoms. The summed E-state index contributed by atoms with van der Waals surface area (Å²) in [5, 5.41) is 0. The lowest BCUT2D eigenvalue weighted by atomic mass is 9.57. The van der Waals surface area contributed by atoms with Crippen LogP contribution in [0.25, 0.3) is 0 Å². The van der Waals surface area contributed by atoms with E-state index in [0.717, 1.165) is 0 Å². The molecule has 2 aliphatic carbocycles. The van der Waals surface area contributed by atoms with Gasteiger partial charge in [0.15, 0.2) is 0 Å². The molecule has 1 heteroatoms. The fourth-order valence-corrected chi connectivity index (χ4v) is 7.11. The van der Waals surface area contributed by atoms with Crippen molar-refractivity contribution >= 4 is 0 Å². The summed E-state index contributed by atoms with van der Waals surface area (Å²) < 4.78 is 7.40. The summed E-state index contributed by atoms with van der Waals surface area (Å²) in [5.41, 5.74) is 4.70. The maximum Gasteiger partial charge on any atom is 0.124 e. The van der Waals surface area contributed by atoms with Gasteiger partial charge in [-0.15, -0.1) is 0 Å². The van der Waals surface area contributed by atoms with Crippen molar-refractivity contribution in [3.05, 3.63) is 119 Å². The van der Waals surface area contributed by atoms with Gasteiger partial charge in [0, 0.05) is 11.8 Å². The van der Waals surface area contributed by atoms with Crippen LogP contribution in [0.1, 0.15) is 28.7 Å². The Morgan fingerprint density at radius 3 is 1.46 bits per heavy atom. The van der Waals surface area contributed by atoms with E-state index in [1.54, 1.807) is 0 Å². The van der Waals surface area contributed by atoms with Crippen LogP contribution >= 0.6 is 0 Å². The maximum absolute atomic E-state index is 7.40. The van der Waals surface area contributed by atoms with Crippen LogP contribution in [0.5, 0.6) is 0 Å². The standard InChI is InChI=1S/C27H22O/c1-3-9-20(10-4-1)26-22-13-7-8-14-23(22)27(28-26,21-11-5-2-6-12-21)25-19-16-15-18(17-19)24(25)26/h1-16,18-19,24-25H,17H2/t18-,19-,24-,25+,26-,27-/m0/s1. The van der Waals surface area contributed by atoms with Gasteiger partial charge < -0.3 is 4.74 Å². The van der Waals surface area contributed by atoms with Crippen LogP contribution in [0.3, 0.4) is 0 Å². The summed E-state index contributed by atoms with van der Waals surface area (Å²) in [6.07, 6.45) is 6.22. The minimum atomic E-state index is -0.345. The molecule has 0 unspecified atom stereocenters.